The highest BCUT2D eigenvalue weighted by molar-refractivity contribution is 5.89. The van der Waals surface area contributed by atoms with Crippen LogP contribution in [0.4, 0.5) is 0 Å². The predicted octanol–water partition coefficient (Wildman–Crippen LogP) is 1.92. The van der Waals surface area contributed by atoms with E-state index in [9.17, 15) is 4.79 Å². The van der Waals surface area contributed by atoms with E-state index >= 15 is 0 Å². The number of hydrogen-bond acceptors (Lipinski definition) is 2. The Morgan fingerprint density at radius 1 is 1.35 bits per heavy atom. The number of carbonyl (C=O) groups is 1. The molecular formula is C14H20N2O. The zero-order chi connectivity index (χ0) is 12.3. The zero-order valence-electron chi connectivity index (χ0n) is 10.4. The number of amides is 1. The minimum Gasteiger partial charge on any atom is -0.337 e. The zero-order valence-corrected chi connectivity index (χ0v) is 10.4. The second-order valence-electron chi connectivity index (χ2n) is 4.87. The smallest absolute Gasteiger partial charge is 0.242 e. The molecule has 17 heavy (non-hydrogen) atoms. The number of carbonyl (C=O) groups excluding carboxylic acids is 1. The molecule has 0 bridgehead atoms. The maximum absolute atomic E-state index is 12.2. The van der Waals surface area contributed by atoms with Crippen molar-refractivity contribution < 1.29 is 4.79 Å². The first-order valence-electron chi connectivity index (χ1n) is 6.28. The van der Waals surface area contributed by atoms with Crippen molar-refractivity contribution in [1.82, 2.24) is 4.90 Å². The SMILES string of the molecule is CCCN(Cc1ccccc1)C(=O)C1(N)CC1. The molecule has 0 saturated heterocycles. The van der Waals surface area contributed by atoms with Crippen molar-refractivity contribution in [2.24, 2.45) is 5.73 Å². The van der Waals surface area contributed by atoms with Crippen LogP contribution in [0, 0.1) is 0 Å². The molecule has 1 aliphatic rings. The Balaban J connectivity index is 2.05. The lowest BCUT2D eigenvalue weighted by atomic mass is 10.1. The second kappa shape index (κ2) is 4.88. The van der Waals surface area contributed by atoms with E-state index < -0.39 is 5.54 Å². The van der Waals surface area contributed by atoms with Crippen LogP contribution in [0.1, 0.15) is 31.7 Å². The van der Waals surface area contributed by atoms with Gasteiger partial charge < -0.3 is 10.6 Å². The summed E-state index contributed by atoms with van der Waals surface area (Å²) in [4.78, 5) is 14.1. The molecule has 0 spiro atoms. The highest BCUT2D eigenvalue weighted by Crippen LogP contribution is 2.34. The van der Waals surface area contributed by atoms with Crippen LogP contribution >= 0.6 is 0 Å². The fraction of sp³-hybridized carbons (Fsp3) is 0.500. The first-order valence-corrected chi connectivity index (χ1v) is 6.28. The first-order chi connectivity index (χ1) is 8.15. The summed E-state index contributed by atoms with van der Waals surface area (Å²) in [6.07, 6.45) is 2.64. The maximum Gasteiger partial charge on any atom is 0.242 e. The molecule has 0 aromatic heterocycles. The Morgan fingerprint density at radius 2 is 2.00 bits per heavy atom. The largest absolute Gasteiger partial charge is 0.337 e. The molecule has 3 nitrogen and oxygen atoms in total. The third-order valence-corrected chi connectivity index (χ3v) is 3.21. The van der Waals surface area contributed by atoms with Crippen molar-refractivity contribution in [3.8, 4) is 0 Å². The topological polar surface area (TPSA) is 46.3 Å². The van der Waals surface area contributed by atoms with E-state index in [-0.39, 0.29) is 5.91 Å². The lowest BCUT2D eigenvalue weighted by Gasteiger charge is -2.25. The van der Waals surface area contributed by atoms with Gasteiger partial charge in [0.25, 0.3) is 0 Å². The van der Waals surface area contributed by atoms with E-state index in [1.54, 1.807) is 0 Å². The molecule has 1 aliphatic carbocycles. The molecule has 3 heteroatoms. The Bertz CT molecular complexity index is 384. The average molecular weight is 232 g/mol. The summed E-state index contributed by atoms with van der Waals surface area (Å²) in [6, 6.07) is 10.1. The van der Waals surface area contributed by atoms with Crippen LogP contribution in [0.2, 0.25) is 0 Å². The van der Waals surface area contributed by atoms with Gasteiger partial charge in [0.05, 0.1) is 5.54 Å². The van der Waals surface area contributed by atoms with Gasteiger partial charge in [-0.25, -0.2) is 0 Å². The molecule has 0 aliphatic heterocycles. The van der Waals surface area contributed by atoms with Gasteiger partial charge in [-0.2, -0.15) is 0 Å². The van der Waals surface area contributed by atoms with Crippen molar-refractivity contribution in [2.75, 3.05) is 6.54 Å². The Hall–Kier alpha value is -1.35. The van der Waals surface area contributed by atoms with Gasteiger partial charge in [-0.1, -0.05) is 37.3 Å². The third-order valence-electron chi connectivity index (χ3n) is 3.21. The summed E-state index contributed by atoms with van der Waals surface area (Å²) < 4.78 is 0. The van der Waals surface area contributed by atoms with Gasteiger partial charge in [0.15, 0.2) is 0 Å². The van der Waals surface area contributed by atoms with Gasteiger partial charge >= 0.3 is 0 Å². The Morgan fingerprint density at radius 3 is 2.53 bits per heavy atom. The molecule has 1 aromatic rings. The van der Waals surface area contributed by atoms with Crippen molar-refractivity contribution in [3.05, 3.63) is 35.9 Å². The van der Waals surface area contributed by atoms with Crippen LogP contribution in [-0.4, -0.2) is 22.9 Å². The van der Waals surface area contributed by atoms with E-state index in [1.165, 1.54) is 5.56 Å². The summed E-state index contributed by atoms with van der Waals surface area (Å²) in [5, 5.41) is 0. The second-order valence-corrected chi connectivity index (χ2v) is 4.87. The summed E-state index contributed by atoms with van der Waals surface area (Å²) in [7, 11) is 0. The molecular weight excluding hydrogens is 212 g/mol. The minimum atomic E-state index is -0.552. The van der Waals surface area contributed by atoms with Gasteiger partial charge in [-0.05, 0) is 24.8 Å². The van der Waals surface area contributed by atoms with Crippen LogP contribution < -0.4 is 5.73 Å². The van der Waals surface area contributed by atoms with Crippen molar-refractivity contribution in [2.45, 2.75) is 38.3 Å². The molecule has 0 atom stereocenters. The van der Waals surface area contributed by atoms with Gasteiger partial charge in [-0.15, -0.1) is 0 Å². The fourth-order valence-electron chi connectivity index (χ4n) is 1.99. The van der Waals surface area contributed by atoms with Crippen molar-refractivity contribution >= 4 is 5.91 Å². The van der Waals surface area contributed by atoms with Crippen LogP contribution in [0.5, 0.6) is 0 Å². The monoisotopic (exact) mass is 232 g/mol. The molecule has 0 radical (unpaired) electrons. The average Bonchev–Trinajstić information content (AvgIpc) is 3.09. The molecule has 1 fully saturated rings. The minimum absolute atomic E-state index is 0.114. The molecule has 1 amide bonds. The van der Waals surface area contributed by atoms with E-state index in [0.717, 1.165) is 25.8 Å². The van der Waals surface area contributed by atoms with E-state index in [1.807, 2.05) is 35.2 Å². The standard InChI is InChI=1S/C14H20N2O/c1-2-10-16(13(17)14(15)8-9-14)11-12-6-4-3-5-7-12/h3-7H,2,8-11,15H2,1H3. The van der Waals surface area contributed by atoms with Crippen LogP contribution in [0.25, 0.3) is 0 Å². The molecule has 2 rings (SSSR count). The molecule has 92 valence electrons. The predicted molar refractivity (Wildman–Crippen MR) is 68.3 cm³/mol. The lowest BCUT2D eigenvalue weighted by Crippen LogP contribution is -2.45. The van der Waals surface area contributed by atoms with Crippen LogP contribution in [0.3, 0.4) is 0 Å². The highest BCUT2D eigenvalue weighted by Gasteiger charge is 2.47. The van der Waals surface area contributed by atoms with E-state index in [0.29, 0.717) is 6.54 Å². The summed E-state index contributed by atoms with van der Waals surface area (Å²) in [6.45, 7) is 3.54. The van der Waals surface area contributed by atoms with Gasteiger partial charge in [0, 0.05) is 13.1 Å². The van der Waals surface area contributed by atoms with Crippen LogP contribution in [0.15, 0.2) is 30.3 Å². The van der Waals surface area contributed by atoms with Crippen LogP contribution in [-0.2, 0) is 11.3 Å². The normalized spacial score (nSPS) is 16.6. The number of rotatable bonds is 5. The van der Waals surface area contributed by atoms with E-state index in [4.69, 9.17) is 5.73 Å². The van der Waals surface area contributed by atoms with Gasteiger partial charge in [0.1, 0.15) is 0 Å². The van der Waals surface area contributed by atoms with Gasteiger partial charge in [-0.3, -0.25) is 4.79 Å². The fourth-order valence-corrected chi connectivity index (χ4v) is 1.99. The van der Waals surface area contributed by atoms with Crippen molar-refractivity contribution in [1.29, 1.82) is 0 Å². The molecule has 0 heterocycles. The summed E-state index contributed by atoms with van der Waals surface area (Å²) in [5.41, 5.74) is 6.60. The summed E-state index contributed by atoms with van der Waals surface area (Å²) >= 11 is 0. The Kier molecular flexibility index (Phi) is 3.48. The quantitative estimate of drug-likeness (QED) is 0.843. The number of nitrogens with zero attached hydrogens (tertiary/aromatic N) is 1. The van der Waals surface area contributed by atoms with Gasteiger partial charge in [0.2, 0.25) is 5.91 Å². The molecule has 0 unspecified atom stereocenters. The molecule has 2 N–H and O–H groups in total. The highest BCUT2D eigenvalue weighted by atomic mass is 16.2. The number of hydrogen-bond donors (Lipinski definition) is 1. The molecule has 1 saturated carbocycles. The summed E-state index contributed by atoms with van der Waals surface area (Å²) in [5.74, 6) is 0.114. The Labute approximate surface area is 103 Å². The van der Waals surface area contributed by atoms with Crippen molar-refractivity contribution in [3.63, 3.8) is 0 Å². The maximum atomic E-state index is 12.2. The number of nitrogens with two attached hydrogens (primary N) is 1. The lowest BCUT2D eigenvalue weighted by molar-refractivity contribution is -0.134. The third kappa shape index (κ3) is 2.86. The first kappa shape index (κ1) is 12.1. The number of benzene rings is 1. The molecule has 1 aromatic carbocycles. The van der Waals surface area contributed by atoms with E-state index in [2.05, 4.69) is 6.92 Å².